The first-order chi connectivity index (χ1) is 35.5. The van der Waals surface area contributed by atoms with Gasteiger partial charge in [0.05, 0.1) is 59.4 Å². The molecule has 0 bridgehead atoms. The van der Waals surface area contributed by atoms with Crippen molar-refractivity contribution in [1.29, 1.82) is 0 Å². The third kappa shape index (κ3) is 14.8. The van der Waals surface area contributed by atoms with E-state index in [2.05, 4.69) is 0 Å². The van der Waals surface area contributed by atoms with Crippen molar-refractivity contribution in [2.75, 3.05) is 41.2 Å². The summed E-state index contributed by atoms with van der Waals surface area (Å²) in [4.78, 5) is 71.7. The number of hydrogen-bond donors (Lipinski definition) is 1. The van der Waals surface area contributed by atoms with E-state index >= 15 is 4.79 Å². The van der Waals surface area contributed by atoms with Gasteiger partial charge in [0.15, 0.2) is 30.4 Å². The topological polar surface area (TPSA) is 244 Å². The van der Waals surface area contributed by atoms with Crippen LogP contribution >= 0.6 is 0 Å². The molecular weight excluding hydrogens is 1010 g/mol. The number of rotatable bonds is 16. The lowest BCUT2D eigenvalue weighted by Gasteiger charge is -2.50. The summed E-state index contributed by atoms with van der Waals surface area (Å²) in [6.07, 6.45) is -11.1. The standard InChI is InChI=1S/C55H81NO19S/c1-16-41-55(62,30-67-37(8)57)47(75-76(15,63)64)33(4)43(58)31(2)28-53(9,65-13)46(74-52-45(40(56(11)12)27-32(3)68-52)72-50(60)38-23-19-17-20-24-38)34(5)44(35(6)49(59)70-41)71-42-29-54(10,66-14)48(36(7)69-42)73-51(61)39-25-21-18-22-26-39/h17-26,31-36,40-42,44-48,52,62H,16,27-30H2,1-15H3/t31-,32-,33+,34+,35-,36+,40+,41-,42?,44+,45-,46-,47+,48+,52?,53+,54-,55-/m1/s1. The van der Waals surface area contributed by atoms with Crippen molar-refractivity contribution in [3.8, 4) is 0 Å². The maximum Gasteiger partial charge on any atom is 0.338 e. The van der Waals surface area contributed by atoms with Crippen LogP contribution in [0.3, 0.4) is 0 Å². The number of benzene rings is 2. The van der Waals surface area contributed by atoms with Crippen molar-refractivity contribution < 1.29 is 89.0 Å². The maximum atomic E-state index is 15.1. The van der Waals surface area contributed by atoms with Crippen LogP contribution in [0.25, 0.3) is 0 Å². The molecule has 0 radical (unpaired) electrons. The van der Waals surface area contributed by atoms with E-state index in [1.54, 1.807) is 102 Å². The molecule has 0 saturated carbocycles. The highest BCUT2D eigenvalue weighted by molar-refractivity contribution is 7.86. The smallest absolute Gasteiger partial charge is 0.338 e. The number of Topliss-reactive ketones (excluding diaryl/α,β-unsaturated/α-hetero) is 1. The van der Waals surface area contributed by atoms with Crippen molar-refractivity contribution in [3.05, 3.63) is 71.8 Å². The van der Waals surface area contributed by atoms with Gasteiger partial charge in [0.2, 0.25) is 0 Å². The van der Waals surface area contributed by atoms with E-state index in [9.17, 15) is 32.7 Å². The first kappa shape index (κ1) is 62.4. The van der Waals surface area contributed by atoms with Gasteiger partial charge in [-0.1, -0.05) is 64.1 Å². The zero-order valence-corrected chi connectivity index (χ0v) is 47.4. The second-order valence-corrected chi connectivity index (χ2v) is 23.0. The molecule has 18 atom stereocenters. The van der Waals surface area contributed by atoms with Gasteiger partial charge in [0.1, 0.15) is 30.2 Å². The lowest BCUT2D eigenvalue weighted by atomic mass is 9.73. The number of methoxy groups -OCH3 is 2. The number of carbonyl (C=O) groups excluding carboxylic acids is 5. The molecule has 0 amide bonds. The maximum absolute atomic E-state index is 15.1. The van der Waals surface area contributed by atoms with Crippen LogP contribution in [-0.4, -0.2) is 174 Å². The molecule has 20 nitrogen and oxygen atoms in total. The third-order valence-corrected chi connectivity index (χ3v) is 15.8. The highest BCUT2D eigenvalue weighted by atomic mass is 32.2. The van der Waals surface area contributed by atoms with Crippen LogP contribution in [0, 0.1) is 23.7 Å². The Morgan fingerprint density at radius 1 is 0.763 bits per heavy atom. The van der Waals surface area contributed by atoms with Crippen molar-refractivity contribution in [2.45, 2.75) is 179 Å². The summed E-state index contributed by atoms with van der Waals surface area (Å²) in [5.74, 6) is -8.41. The number of carbonyl (C=O) groups is 5. The van der Waals surface area contributed by atoms with E-state index < -0.39 is 154 Å². The Labute approximate surface area is 448 Å². The van der Waals surface area contributed by atoms with Gasteiger partial charge in [0, 0.05) is 45.3 Å². The molecule has 0 aromatic heterocycles. The molecule has 3 fully saturated rings. The fraction of sp³-hybridized carbons (Fsp3) is 0.691. The van der Waals surface area contributed by atoms with Crippen LogP contribution in [0.2, 0.25) is 0 Å². The van der Waals surface area contributed by atoms with Gasteiger partial charge < -0.3 is 57.4 Å². The zero-order valence-electron chi connectivity index (χ0n) is 46.6. The summed E-state index contributed by atoms with van der Waals surface area (Å²) in [5.41, 5.74) is -4.80. The summed E-state index contributed by atoms with van der Waals surface area (Å²) in [6, 6.07) is 16.5. The molecule has 2 aromatic carbocycles. The van der Waals surface area contributed by atoms with Gasteiger partial charge in [-0.2, -0.15) is 8.42 Å². The first-order valence-corrected chi connectivity index (χ1v) is 27.7. The van der Waals surface area contributed by atoms with Gasteiger partial charge in [-0.25, -0.2) is 9.59 Å². The molecule has 0 spiro atoms. The van der Waals surface area contributed by atoms with Gasteiger partial charge in [-0.15, -0.1) is 0 Å². The summed E-state index contributed by atoms with van der Waals surface area (Å²) in [6.45, 7) is 15.0. The number of cyclic esters (lactones) is 1. The summed E-state index contributed by atoms with van der Waals surface area (Å²) in [7, 11) is 2.11. The minimum absolute atomic E-state index is 0.0441. The molecule has 0 aliphatic carbocycles. The van der Waals surface area contributed by atoms with Gasteiger partial charge >= 0.3 is 23.9 Å². The average molecular weight is 1090 g/mol. The molecule has 3 heterocycles. The Morgan fingerprint density at radius 2 is 1.32 bits per heavy atom. The predicted octanol–water partition coefficient (Wildman–Crippen LogP) is 5.70. The van der Waals surface area contributed by atoms with Crippen molar-refractivity contribution >= 4 is 39.8 Å². The van der Waals surface area contributed by atoms with Crippen LogP contribution < -0.4 is 0 Å². The van der Waals surface area contributed by atoms with E-state index in [0.29, 0.717) is 12.0 Å². The molecular formula is C55H81NO19S. The summed E-state index contributed by atoms with van der Waals surface area (Å²) in [5, 5.41) is 12.8. The number of nitrogens with zero attached hydrogens (tertiary/aromatic N) is 1. The molecule has 76 heavy (non-hydrogen) atoms. The van der Waals surface area contributed by atoms with E-state index in [1.165, 1.54) is 28.1 Å². The van der Waals surface area contributed by atoms with Crippen LogP contribution in [0.15, 0.2) is 60.7 Å². The Morgan fingerprint density at radius 3 is 1.83 bits per heavy atom. The van der Waals surface area contributed by atoms with Crippen molar-refractivity contribution in [3.63, 3.8) is 0 Å². The van der Waals surface area contributed by atoms with Gasteiger partial charge in [-0.05, 0) is 92.2 Å². The Bertz CT molecular complexity index is 2390. The highest BCUT2D eigenvalue weighted by Crippen LogP contribution is 2.43. The number of hydrogen-bond acceptors (Lipinski definition) is 20. The quantitative estimate of drug-likeness (QED) is 0.120. The fourth-order valence-electron chi connectivity index (χ4n) is 11.0. The number of aliphatic hydroxyl groups is 1. The monoisotopic (exact) mass is 1090 g/mol. The summed E-state index contributed by atoms with van der Waals surface area (Å²) < 4.78 is 95.6. The van der Waals surface area contributed by atoms with Crippen LogP contribution in [-0.2, 0) is 76.1 Å². The molecule has 3 aliphatic heterocycles. The third-order valence-electron chi connectivity index (χ3n) is 15.3. The minimum atomic E-state index is -4.48. The molecule has 1 N–H and O–H groups in total. The highest BCUT2D eigenvalue weighted by Gasteiger charge is 2.57. The number of ketones is 1. The second kappa shape index (κ2) is 26.0. The lowest BCUT2D eigenvalue weighted by molar-refractivity contribution is -0.318. The second-order valence-electron chi connectivity index (χ2n) is 21.4. The molecule has 3 aliphatic rings. The predicted molar refractivity (Wildman–Crippen MR) is 275 cm³/mol. The first-order valence-electron chi connectivity index (χ1n) is 25.9. The zero-order chi connectivity index (χ0) is 56.7. The average Bonchev–Trinajstić information content (AvgIpc) is 3.37. The molecule has 21 heteroatoms. The van der Waals surface area contributed by atoms with Crippen molar-refractivity contribution in [2.24, 2.45) is 23.7 Å². The SMILES string of the molecule is CC[C@H]1OC(=O)[C@H](C)[C@@H](OC2C[C@@](C)(OC)[C@@H](OC(=O)c3ccccc3)[C@H](C)O2)[C@H](C)[C@@H](OC2O[C@H](C)C[C@H](N(C)C)[C@H]2OC(=O)c2ccccc2)[C@@](C)(OC)C[C@@H](C)C(=O)[C@H](C)[C@H](OS(C)(=O)=O)[C@@]1(O)COC(C)=O. The molecule has 2 aromatic rings. The molecule has 2 unspecified atom stereocenters. The van der Waals surface area contributed by atoms with Crippen molar-refractivity contribution in [1.82, 2.24) is 4.90 Å². The van der Waals surface area contributed by atoms with Crippen LogP contribution in [0.4, 0.5) is 0 Å². The number of esters is 4. The Balaban J connectivity index is 1.70. The van der Waals surface area contributed by atoms with E-state index in [4.69, 9.17) is 51.6 Å². The van der Waals surface area contributed by atoms with Crippen LogP contribution in [0.1, 0.15) is 116 Å². The normalized spacial score (nSPS) is 37.1. The molecule has 3 saturated heterocycles. The largest absolute Gasteiger partial charge is 0.463 e. The van der Waals surface area contributed by atoms with Gasteiger partial charge in [0.25, 0.3) is 10.1 Å². The fourth-order valence-corrected chi connectivity index (χ4v) is 11.7. The summed E-state index contributed by atoms with van der Waals surface area (Å²) >= 11 is 0. The molecule has 426 valence electrons. The molecule has 5 rings (SSSR count). The van der Waals surface area contributed by atoms with E-state index in [1.807, 2.05) is 25.9 Å². The number of likely N-dealkylation sites (N-methyl/N-ethyl adjacent to an activating group) is 1. The Kier molecular flexibility index (Phi) is 21.4. The van der Waals surface area contributed by atoms with Crippen LogP contribution in [0.5, 0.6) is 0 Å². The van der Waals surface area contributed by atoms with E-state index in [-0.39, 0.29) is 24.8 Å². The van der Waals surface area contributed by atoms with E-state index in [0.717, 1.165) is 13.2 Å². The minimum Gasteiger partial charge on any atom is -0.463 e. The number of ether oxygens (including phenoxy) is 10. The Hall–Kier alpha value is -4.42. The van der Waals surface area contributed by atoms with Gasteiger partial charge in [-0.3, -0.25) is 18.6 Å². The lowest BCUT2D eigenvalue weighted by Crippen LogP contribution is -2.63.